The molecule has 1 fully saturated rings. The molecule has 8 rings (SSSR count). The van der Waals surface area contributed by atoms with Gasteiger partial charge in [0.2, 0.25) is 65.0 Å². The molecule has 104 heavy (non-hydrogen) atoms. The number of aromatic nitrogens is 4. The number of carbonyl (C=O) groups excluding carboxylic acids is 11. The Balaban J connectivity index is 1.03. The molecule has 4 heterocycles. The van der Waals surface area contributed by atoms with Gasteiger partial charge >= 0.3 is 0 Å². The number of H-pyrrole nitrogens is 2. The van der Waals surface area contributed by atoms with Crippen molar-refractivity contribution in [2.24, 2.45) is 17.2 Å². The Hall–Kier alpha value is -11.3. The highest BCUT2D eigenvalue weighted by Gasteiger charge is 2.40. The number of para-hydroxylation sites is 1. The third kappa shape index (κ3) is 23.1. The molecular weight excluding hydrogens is 1360 g/mol. The molecule has 552 valence electrons. The summed E-state index contributed by atoms with van der Waals surface area (Å²) in [4.78, 5) is 172. The van der Waals surface area contributed by atoms with Gasteiger partial charge in [0.15, 0.2) is 5.96 Å². The maximum atomic E-state index is 15.1. The smallest absolute Gasteiger partial charge is 0.245 e. The van der Waals surface area contributed by atoms with Crippen molar-refractivity contribution in [3.63, 3.8) is 0 Å². The predicted molar refractivity (Wildman–Crippen MR) is 387 cm³/mol. The number of amides is 11. The van der Waals surface area contributed by atoms with Crippen LogP contribution < -0.4 is 70.4 Å². The Morgan fingerprint density at radius 1 is 0.596 bits per heavy atom. The lowest BCUT2D eigenvalue weighted by Gasteiger charge is -2.30. The van der Waals surface area contributed by atoms with Crippen molar-refractivity contribution in [3.8, 4) is 0 Å². The SMILES string of the molecule is CC(=O)N[C@H](Cc1ccc2ccccc2c1)C(=O)N[C@H](Cc1ccc(Cl)cc1)C(=O)N[C@H](Cc1cccnc1)C(=O)N[C@@H](CO)C(=O)N[C@@H](Cc1cnc[nH]1)C(=O)N[C@H](CCCNC(=N)N)C(=O)N[C@H](Cc1c[nH]c2ccccc12)C(=O)N[C@@H](CCCCN)C(=O)N1CCC[C@H]1C(=O)N[C@H](C)C(N)=O. The van der Waals surface area contributed by atoms with Crippen LogP contribution in [-0.2, 0) is 84.8 Å². The minimum Gasteiger partial charge on any atom is -0.394 e. The minimum absolute atomic E-state index is 0.0356. The van der Waals surface area contributed by atoms with Crippen LogP contribution in [0, 0.1) is 5.41 Å². The highest BCUT2D eigenvalue weighted by molar-refractivity contribution is 6.30. The van der Waals surface area contributed by atoms with E-state index in [1.807, 2.05) is 54.6 Å². The first-order chi connectivity index (χ1) is 50.0. The van der Waals surface area contributed by atoms with Gasteiger partial charge in [-0.2, -0.15) is 0 Å². The van der Waals surface area contributed by atoms with Crippen molar-refractivity contribution >= 4 is 104 Å². The fourth-order valence-electron chi connectivity index (χ4n) is 12.2. The highest BCUT2D eigenvalue weighted by Crippen LogP contribution is 2.24. The zero-order valence-corrected chi connectivity index (χ0v) is 58.4. The lowest BCUT2D eigenvalue weighted by Crippen LogP contribution is -2.61. The third-order valence-electron chi connectivity index (χ3n) is 17.7. The molecule has 0 aliphatic carbocycles. The topological polar surface area (TPSA) is 491 Å². The first-order valence-corrected chi connectivity index (χ1v) is 34.7. The first-order valence-electron chi connectivity index (χ1n) is 34.3. The lowest BCUT2D eigenvalue weighted by molar-refractivity contribution is -0.142. The van der Waals surface area contributed by atoms with Crippen LogP contribution in [0.15, 0.2) is 134 Å². The Kier molecular flexibility index (Phi) is 29.1. The summed E-state index contributed by atoms with van der Waals surface area (Å²) in [5.41, 5.74) is 20.2. The number of halogens is 1. The molecule has 11 amide bonds. The minimum atomic E-state index is -1.82. The molecule has 7 aromatic rings. The molecule has 1 aliphatic rings. The number of aromatic amines is 2. The van der Waals surface area contributed by atoms with Gasteiger partial charge < -0.3 is 90.3 Å². The quantitative estimate of drug-likeness (QED) is 0.0136. The van der Waals surface area contributed by atoms with Crippen LogP contribution in [-0.4, -0.2) is 188 Å². The zero-order valence-electron chi connectivity index (χ0n) is 57.7. The van der Waals surface area contributed by atoms with Crippen LogP contribution in [0.4, 0.5) is 0 Å². The average molecular weight is 1450 g/mol. The molecule has 1 aliphatic heterocycles. The molecule has 0 unspecified atom stereocenters. The lowest BCUT2D eigenvalue weighted by atomic mass is 9.99. The predicted octanol–water partition coefficient (Wildman–Crippen LogP) is -0.130. The van der Waals surface area contributed by atoms with E-state index in [0.717, 1.165) is 10.8 Å². The number of unbranched alkanes of at least 4 members (excludes halogenated alkanes) is 1. The molecule has 20 N–H and O–H groups in total. The van der Waals surface area contributed by atoms with E-state index in [1.54, 1.807) is 54.7 Å². The maximum Gasteiger partial charge on any atom is 0.245 e. The average Bonchev–Trinajstić information content (AvgIpc) is 1.63. The molecule has 3 aromatic heterocycles. The number of guanidine groups is 1. The third-order valence-corrected chi connectivity index (χ3v) is 17.9. The van der Waals surface area contributed by atoms with Crippen molar-refractivity contribution in [1.29, 1.82) is 5.41 Å². The molecule has 1 saturated heterocycles. The van der Waals surface area contributed by atoms with E-state index in [0.29, 0.717) is 63.1 Å². The van der Waals surface area contributed by atoms with E-state index < -0.39 is 132 Å². The Morgan fingerprint density at radius 3 is 1.79 bits per heavy atom. The largest absolute Gasteiger partial charge is 0.394 e. The summed E-state index contributed by atoms with van der Waals surface area (Å²) in [6, 6.07) is 16.4. The number of carbonyl (C=O) groups is 11. The van der Waals surface area contributed by atoms with Crippen LogP contribution in [0.1, 0.15) is 86.7 Å². The molecule has 31 nitrogen and oxygen atoms in total. The number of nitrogens with zero attached hydrogens (tertiary/aromatic N) is 3. The Labute approximate surface area is 604 Å². The number of aliphatic hydroxyl groups is 1. The second-order valence-electron chi connectivity index (χ2n) is 25.6. The number of nitrogens with two attached hydrogens (primary N) is 3. The summed E-state index contributed by atoms with van der Waals surface area (Å²) in [5, 5.41) is 48.5. The van der Waals surface area contributed by atoms with E-state index in [-0.39, 0.29) is 83.4 Å². The van der Waals surface area contributed by atoms with E-state index in [9.17, 15) is 48.3 Å². The van der Waals surface area contributed by atoms with Crippen molar-refractivity contribution < 1.29 is 57.8 Å². The normalized spacial score (nSPS) is 15.2. The number of fused-ring (bicyclic) bond motifs is 2. The van der Waals surface area contributed by atoms with Gasteiger partial charge in [0.1, 0.15) is 60.4 Å². The van der Waals surface area contributed by atoms with E-state index >= 15 is 9.59 Å². The summed E-state index contributed by atoms with van der Waals surface area (Å²) in [6.45, 7) is 2.07. The van der Waals surface area contributed by atoms with Gasteiger partial charge in [-0.15, -0.1) is 0 Å². The Bertz CT molecular complexity index is 4140. The molecule has 0 radical (unpaired) electrons. The van der Waals surface area contributed by atoms with E-state index in [1.165, 1.54) is 43.7 Å². The van der Waals surface area contributed by atoms with Gasteiger partial charge in [-0.3, -0.25) is 63.1 Å². The first kappa shape index (κ1) is 78.4. The van der Waals surface area contributed by atoms with Crippen molar-refractivity contribution in [2.45, 2.75) is 151 Å². The van der Waals surface area contributed by atoms with Gasteiger partial charge in [0.25, 0.3) is 0 Å². The van der Waals surface area contributed by atoms with Crippen LogP contribution in [0.5, 0.6) is 0 Å². The van der Waals surface area contributed by atoms with Crippen LogP contribution in [0.2, 0.25) is 5.02 Å². The van der Waals surface area contributed by atoms with Gasteiger partial charge in [-0.25, -0.2) is 4.98 Å². The summed E-state index contributed by atoms with van der Waals surface area (Å²) in [5.74, 6) is -9.25. The number of primary amides is 1. The second kappa shape index (κ2) is 38.6. The molecule has 0 saturated carbocycles. The van der Waals surface area contributed by atoms with Gasteiger partial charge in [0.05, 0.1) is 12.9 Å². The molecule has 0 spiro atoms. The second-order valence-corrected chi connectivity index (χ2v) is 26.0. The number of imidazole rings is 1. The number of rotatable bonds is 38. The van der Waals surface area contributed by atoms with Crippen LogP contribution in [0.3, 0.4) is 0 Å². The number of likely N-dealkylation sites (tertiary alicyclic amines) is 1. The maximum absolute atomic E-state index is 15.1. The van der Waals surface area contributed by atoms with Crippen molar-refractivity contribution in [2.75, 3.05) is 26.2 Å². The molecular formula is C72H90ClN19O12. The summed E-state index contributed by atoms with van der Waals surface area (Å²) in [7, 11) is 0. The van der Waals surface area contributed by atoms with Crippen LogP contribution >= 0.6 is 11.6 Å². The monoisotopic (exact) mass is 1450 g/mol. The van der Waals surface area contributed by atoms with Gasteiger partial charge in [-0.05, 0) is 116 Å². The molecule has 10 atom stereocenters. The summed E-state index contributed by atoms with van der Waals surface area (Å²) in [6.07, 6.45) is 8.02. The van der Waals surface area contributed by atoms with Crippen molar-refractivity contribution in [3.05, 3.63) is 167 Å². The highest BCUT2D eigenvalue weighted by atomic mass is 35.5. The summed E-state index contributed by atoms with van der Waals surface area (Å²) < 4.78 is 0. The fourth-order valence-corrected chi connectivity index (χ4v) is 12.3. The molecule has 32 heteroatoms. The van der Waals surface area contributed by atoms with Crippen molar-refractivity contribution in [1.82, 2.24) is 78.0 Å². The number of nitrogens with one attached hydrogen (secondary N) is 13. The molecule has 0 bridgehead atoms. The standard InChI is InChI=1S/C72H90ClN19O12/c1-41(62(75)95)83-70(103)61-19-11-29-92(61)71(104)54(17-7-8-26-74)86-67(100)58(34-48-37-81-52-16-6-5-15-51(48)52)89-63(96)53(18-10-28-80-72(76)77)85-68(101)59(35-50-38-79-40-82-50)90-69(102)60(39-93)91-66(99)57(33-45-12-9-27-78-36-45)88-65(98)56(31-43-21-24-49(73)25-22-43)87-64(97)55(84-42(2)94)32-44-20-23-46-13-3-4-14-47(46)30-44/h3-6,9,12-16,20-25,27,30,36-38,40-41,53-61,81,93H,7-8,10-11,17-19,26,28-29,31-35,39,74H2,1-2H3,(H2,75,95)(H,79,82)(H,83,103)(H,84,94)(H,85,101)(H,86,100)(H,87,97)(H,88,98)(H,89,96)(H,90,102)(H,91,99)(H4,76,77,80)/t41-,53-,54+,55-,56-,57-,58-,59+,60+,61+/m1/s1. The number of hydrogen-bond acceptors (Lipinski definition) is 16. The number of benzene rings is 4. The van der Waals surface area contributed by atoms with E-state index in [4.69, 9.17) is 34.2 Å². The van der Waals surface area contributed by atoms with E-state index in [2.05, 4.69) is 73.1 Å². The van der Waals surface area contributed by atoms with Crippen LogP contribution in [0.25, 0.3) is 21.7 Å². The molecule has 4 aromatic carbocycles. The number of hydrogen-bond donors (Lipinski definition) is 17. The fraction of sp³-hybridized carbons (Fsp3) is 0.389. The zero-order chi connectivity index (χ0) is 74.8. The van der Waals surface area contributed by atoms with Gasteiger partial charge in [-0.1, -0.05) is 90.5 Å². The van der Waals surface area contributed by atoms with Gasteiger partial charge in [0, 0.05) is 98.5 Å². The number of pyridine rings is 1. The Morgan fingerprint density at radius 2 is 1.16 bits per heavy atom. The number of aliphatic hydroxyl groups excluding tert-OH is 1. The summed E-state index contributed by atoms with van der Waals surface area (Å²) >= 11 is 6.24.